The number of benzene rings is 2. The smallest absolute Gasteiger partial charge is 0.303 e. The van der Waals surface area contributed by atoms with E-state index in [0.717, 1.165) is 42.6 Å². The molecule has 2 fully saturated rings. The Morgan fingerprint density at radius 2 is 1.68 bits per heavy atom. The Morgan fingerprint density at radius 1 is 1.03 bits per heavy atom. The molecular formula is C30H37ClO6. The third kappa shape index (κ3) is 6.19. The molecule has 7 heteroatoms. The molecule has 0 bridgehead atoms. The molecule has 2 aromatic rings. The number of methoxy groups -OCH3 is 1. The SMILES string of the molecule is CC[C@H]1O[C@@H](c2ccc(Cl)c(Cc3ccc(C4(COC)CC4)cc3)c2)[C@H](OC(C)=O)[C@@H](OC(C)=O)[C@@H]1C. The van der Waals surface area contributed by atoms with E-state index in [1.165, 1.54) is 19.4 Å². The lowest BCUT2D eigenvalue weighted by molar-refractivity contribution is -0.225. The van der Waals surface area contributed by atoms with Crippen LogP contribution >= 0.6 is 11.6 Å². The molecule has 4 rings (SSSR count). The van der Waals surface area contributed by atoms with Gasteiger partial charge in [-0.15, -0.1) is 0 Å². The standard InChI is InChI=1S/C30H37ClO6/c1-6-26-18(2)27(35-19(3)32)29(36-20(4)33)28(37-26)22-9-12-25(31)23(16-22)15-21-7-10-24(11-8-21)30(13-14-30)17-34-5/h7-12,16,18,26-29H,6,13-15,17H2,1-5H3/t18-,26-,27+,28+,29-/m1/s1. The second kappa shape index (κ2) is 11.5. The highest BCUT2D eigenvalue weighted by molar-refractivity contribution is 6.31. The van der Waals surface area contributed by atoms with Crippen molar-refractivity contribution in [3.8, 4) is 0 Å². The molecular weight excluding hydrogens is 492 g/mol. The van der Waals surface area contributed by atoms with Crippen molar-refractivity contribution < 1.29 is 28.5 Å². The van der Waals surface area contributed by atoms with Crippen molar-refractivity contribution in [2.45, 2.75) is 83.2 Å². The lowest BCUT2D eigenvalue weighted by Gasteiger charge is -2.44. The average molecular weight is 529 g/mol. The van der Waals surface area contributed by atoms with E-state index in [4.69, 9.17) is 30.5 Å². The summed E-state index contributed by atoms with van der Waals surface area (Å²) in [5.74, 6) is -0.995. The number of hydrogen-bond acceptors (Lipinski definition) is 6. The van der Waals surface area contributed by atoms with Crippen LogP contribution in [0.5, 0.6) is 0 Å². The van der Waals surface area contributed by atoms with Gasteiger partial charge in [0.05, 0.1) is 12.7 Å². The van der Waals surface area contributed by atoms with Crippen molar-refractivity contribution in [3.05, 3.63) is 69.7 Å². The van der Waals surface area contributed by atoms with Gasteiger partial charge in [-0.05, 0) is 54.0 Å². The minimum atomic E-state index is -0.761. The second-order valence-electron chi connectivity index (χ2n) is 10.4. The maximum atomic E-state index is 12.0. The Hall–Kier alpha value is -2.41. The molecule has 5 atom stereocenters. The first-order valence-electron chi connectivity index (χ1n) is 13.0. The van der Waals surface area contributed by atoms with Crippen molar-refractivity contribution in [2.24, 2.45) is 5.92 Å². The first-order chi connectivity index (χ1) is 17.7. The molecule has 0 N–H and O–H groups in total. The van der Waals surface area contributed by atoms with Crippen LogP contribution in [0.4, 0.5) is 0 Å². The fourth-order valence-electron chi connectivity index (χ4n) is 5.54. The fraction of sp³-hybridized carbons (Fsp3) is 0.533. The molecule has 2 aromatic carbocycles. The molecule has 1 aliphatic carbocycles. The highest BCUT2D eigenvalue weighted by Crippen LogP contribution is 2.48. The lowest BCUT2D eigenvalue weighted by Crippen LogP contribution is -2.52. The van der Waals surface area contributed by atoms with Gasteiger partial charge in [-0.25, -0.2) is 0 Å². The van der Waals surface area contributed by atoms with Crippen LogP contribution < -0.4 is 0 Å². The average Bonchev–Trinajstić information content (AvgIpc) is 3.64. The maximum absolute atomic E-state index is 12.0. The van der Waals surface area contributed by atoms with E-state index in [-0.39, 0.29) is 17.4 Å². The van der Waals surface area contributed by atoms with Crippen molar-refractivity contribution in [2.75, 3.05) is 13.7 Å². The molecule has 0 amide bonds. The van der Waals surface area contributed by atoms with Crippen LogP contribution in [0.2, 0.25) is 5.02 Å². The molecule has 1 aliphatic heterocycles. The van der Waals surface area contributed by atoms with E-state index in [1.54, 1.807) is 7.11 Å². The minimum absolute atomic E-state index is 0.132. The van der Waals surface area contributed by atoms with Gasteiger partial charge in [0.2, 0.25) is 0 Å². The summed E-state index contributed by atoms with van der Waals surface area (Å²) in [5.41, 5.74) is 4.41. The molecule has 1 saturated carbocycles. The summed E-state index contributed by atoms with van der Waals surface area (Å²) in [4.78, 5) is 24.0. The Labute approximate surface area is 224 Å². The van der Waals surface area contributed by atoms with Crippen LogP contribution in [-0.4, -0.2) is 44.0 Å². The molecule has 0 unspecified atom stereocenters. The topological polar surface area (TPSA) is 71.1 Å². The predicted octanol–water partition coefficient (Wildman–Crippen LogP) is 5.96. The van der Waals surface area contributed by atoms with Gasteiger partial charge in [0, 0.05) is 37.3 Å². The first kappa shape index (κ1) is 27.6. The summed E-state index contributed by atoms with van der Waals surface area (Å²) in [6.07, 6.45) is 1.58. The van der Waals surface area contributed by atoms with E-state index in [9.17, 15) is 9.59 Å². The largest absolute Gasteiger partial charge is 0.458 e. The summed E-state index contributed by atoms with van der Waals surface area (Å²) >= 11 is 6.63. The van der Waals surface area contributed by atoms with E-state index >= 15 is 0 Å². The van der Waals surface area contributed by atoms with Gasteiger partial charge in [0.1, 0.15) is 12.2 Å². The van der Waals surface area contributed by atoms with E-state index in [0.29, 0.717) is 11.4 Å². The van der Waals surface area contributed by atoms with Crippen LogP contribution in [0, 0.1) is 5.92 Å². The summed E-state index contributed by atoms with van der Waals surface area (Å²) < 4.78 is 23.3. The van der Waals surface area contributed by atoms with Gasteiger partial charge in [-0.3, -0.25) is 9.59 Å². The van der Waals surface area contributed by atoms with Crippen LogP contribution in [0.25, 0.3) is 0 Å². The number of esters is 2. The molecule has 0 radical (unpaired) electrons. The van der Waals surface area contributed by atoms with Gasteiger partial charge in [-0.2, -0.15) is 0 Å². The fourth-order valence-corrected chi connectivity index (χ4v) is 5.73. The van der Waals surface area contributed by atoms with Gasteiger partial charge in [-0.1, -0.05) is 61.8 Å². The number of ether oxygens (including phenoxy) is 4. The summed E-state index contributed by atoms with van der Waals surface area (Å²) in [6.45, 7) is 7.47. The van der Waals surface area contributed by atoms with Gasteiger partial charge < -0.3 is 18.9 Å². The van der Waals surface area contributed by atoms with Crippen molar-refractivity contribution in [1.82, 2.24) is 0 Å². The number of halogens is 1. The van der Waals surface area contributed by atoms with Crippen molar-refractivity contribution in [1.29, 1.82) is 0 Å². The minimum Gasteiger partial charge on any atom is -0.458 e. The molecule has 0 aromatic heterocycles. The summed E-state index contributed by atoms with van der Waals surface area (Å²) in [5, 5.41) is 0.655. The third-order valence-electron chi connectivity index (χ3n) is 7.69. The Morgan fingerprint density at radius 3 is 2.24 bits per heavy atom. The zero-order valence-corrected chi connectivity index (χ0v) is 23.0. The number of carbonyl (C=O) groups is 2. The molecule has 37 heavy (non-hydrogen) atoms. The zero-order valence-electron chi connectivity index (χ0n) is 22.3. The Balaban J connectivity index is 1.61. The van der Waals surface area contributed by atoms with Crippen molar-refractivity contribution >= 4 is 23.5 Å². The second-order valence-corrected chi connectivity index (χ2v) is 10.9. The van der Waals surface area contributed by atoms with Gasteiger partial charge in [0.25, 0.3) is 0 Å². The Kier molecular flexibility index (Phi) is 8.62. The zero-order chi connectivity index (χ0) is 26.7. The van der Waals surface area contributed by atoms with E-state index in [1.807, 2.05) is 32.0 Å². The quantitative estimate of drug-likeness (QED) is 0.374. The number of hydrogen-bond donors (Lipinski definition) is 0. The van der Waals surface area contributed by atoms with Crippen LogP contribution in [-0.2, 0) is 40.4 Å². The van der Waals surface area contributed by atoms with Crippen molar-refractivity contribution in [3.63, 3.8) is 0 Å². The van der Waals surface area contributed by atoms with E-state index < -0.39 is 30.3 Å². The highest BCUT2D eigenvalue weighted by Gasteiger charge is 2.48. The number of rotatable bonds is 9. The lowest BCUT2D eigenvalue weighted by atomic mass is 9.84. The molecule has 1 heterocycles. The molecule has 2 aliphatic rings. The van der Waals surface area contributed by atoms with Crippen LogP contribution in [0.3, 0.4) is 0 Å². The highest BCUT2D eigenvalue weighted by atomic mass is 35.5. The third-order valence-corrected chi connectivity index (χ3v) is 8.06. The van der Waals surface area contributed by atoms with E-state index in [2.05, 4.69) is 24.3 Å². The maximum Gasteiger partial charge on any atom is 0.303 e. The first-order valence-corrected chi connectivity index (χ1v) is 13.4. The molecule has 200 valence electrons. The van der Waals surface area contributed by atoms with Crippen LogP contribution in [0.1, 0.15) is 75.3 Å². The Bertz CT molecular complexity index is 1110. The predicted molar refractivity (Wildman–Crippen MR) is 142 cm³/mol. The molecule has 0 spiro atoms. The van der Waals surface area contributed by atoms with Crippen LogP contribution in [0.15, 0.2) is 42.5 Å². The van der Waals surface area contributed by atoms with Gasteiger partial charge >= 0.3 is 11.9 Å². The number of carbonyl (C=O) groups excluding carboxylic acids is 2. The van der Waals surface area contributed by atoms with Gasteiger partial charge in [0.15, 0.2) is 6.10 Å². The molecule has 6 nitrogen and oxygen atoms in total. The normalized spacial score (nSPS) is 26.4. The monoisotopic (exact) mass is 528 g/mol. The molecule has 1 saturated heterocycles. The summed E-state index contributed by atoms with van der Waals surface area (Å²) in [6, 6.07) is 14.4. The summed E-state index contributed by atoms with van der Waals surface area (Å²) in [7, 11) is 1.75.